The molecule has 0 amide bonds. The first-order valence-electron chi connectivity index (χ1n) is 5.70. The molecule has 1 nitrogen and oxygen atoms in total. The lowest BCUT2D eigenvalue weighted by atomic mass is 9.79. The van der Waals surface area contributed by atoms with Gasteiger partial charge < -0.3 is 0 Å². The van der Waals surface area contributed by atoms with Crippen molar-refractivity contribution < 1.29 is 4.79 Å². The Morgan fingerprint density at radius 1 is 1.38 bits per heavy atom. The molecule has 2 aliphatic rings. The Labute approximate surface area is 80.9 Å². The highest BCUT2D eigenvalue weighted by molar-refractivity contribution is 5.81. The van der Waals surface area contributed by atoms with Crippen molar-refractivity contribution in [1.29, 1.82) is 0 Å². The molecule has 74 valence electrons. The summed E-state index contributed by atoms with van der Waals surface area (Å²) in [5.74, 6) is 1.44. The summed E-state index contributed by atoms with van der Waals surface area (Å²) in [7, 11) is 0. The third-order valence-electron chi connectivity index (χ3n) is 3.89. The van der Waals surface area contributed by atoms with E-state index >= 15 is 0 Å². The molecule has 0 aromatic rings. The second kappa shape index (κ2) is 3.43. The van der Waals surface area contributed by atoms with Crippen molar-refractivity contribution in [2.75, 3.05) is 0 Å². The quantitative estimate of drug-likeness (QED) is 0.637. The van der Waals surface area contributed by atoms with Gasteiger partial charge in [0.15, 0.2) is 0 Å². The molecule has 1 atom stereocenters. The van der Waals surface area contributed by atoms with E-state index in [0.717, 1.165) is 25.2 Å². The summed E-state index contributed by atoms with van der Waals surface area (Å²) < 4.78 is 0. The molecule has 13 heavy (non-hydrogen) atoms. The fraction of sp³-hybridized carbons (Fsp3) is 0.917. The van der Waals surface area contributed by atoms with Crippen LogP contribution in [0, 0.1) is 11.3 Å². The van der Waals surface area contributed by atoms with Gasteiger partial charge in [0.05, 0.1) is 0 Å². The highest BCUT2D eigenvalue weighted by Crippen LogP contribution is 2.44. The molecule has 0 bridgehead atoms. The van der Waals surface area contributed by atoms with Crippen LogP contribution in [0.3, 0.4) is 0 Å². The van der Waals surface area contributed by atoms with Crippen LogP contribution in [0.25, 0.3) is 0 Å². The Morgan fingerprint density at radius 3 is 2.62 bits per heavy atom. The van der Waals surface area contributed by atoms with E-state index in [1.807, 2.05) is 0 Å². The first-order chi connectivity index (χ1) is 6.18. The molecule has 0 radical (unpaired) electrons. The number of Topliss-reactive ketones (excluding diaryl/α,β-unsaturated/α-hetero) is 1. The van der Waals surface area contributed by atoms with Crippen molar-refractivity contribution >= 4 is 5.78 Å². The van der Waals surface area contributed by atoms with Gasteiger partial charge in [-0.2, -0.15) is 0 Å². The normalized spacial score (nSPS) is 35.9. The lowest BCUT2D eigenvalue weighted by Crippen LogP contribution is -2.16. The van der Waals surface area contributed by atoms with Gasteiger partial charge in [-0.1, -0.05) is 32.6 Å². The van der Waals surface area contributed by atoms with Crippen molar-refractivity contribution in [3.63, 3.8) is 0 Å². The smallest absolute Gasteiger partial charge is 0.133 e. The second-order valence-electron chi connectivity index (χ2n) is 5.38. The summed E-state index contributed by atoms with van der Waals surface area (Å²) in [5.41, 5.74) is 0.381. The zero-order valence-electron chi connectivity index (χ0n) is 8.64. The molecule has 2 rings (SSSR count). The van der Waals surface area contributed by atoms with E-state index < -0.39 is 0 Å². The van der Waals surface area contributed by atoms with Crippen molar-refractivity contribution in [3.8, 4) is 0 Å². The highest BCUT2D eigenvalue weighted by atomic mass is 16.1. The van der Waals surface area contributed by atoms with E-state index in [1.54, 1.807) is 0 Å². The summed E-state index contributed by atoms with van der Waals surface area (Å²) >= 11 is 0. The minimum atomic E-state index is 0.381. The third kappa shape index (κ3) is 2.12. The van der Waals surface area contributed by atoms with E-state index in [1.165, 1.54) is 32.1 Å². The molecule has 0 saturated heterocycles. The van der Waals surface area contributed by atoms with E-state index in [4.69, 9.17) is 0 Å². The zero-order chi connectivity index (χ0) is 9.31. The van der Waals surface area contributed by atoms with Crippen LogP contribution >= 0.6 is 0 Å². The molecule has 1 heteroatoms. The topological polar surface area (TPSA) is 17.1 Å². The molecule has 0 N–H and O–H groups in total. The number of ketones is 1. The predicted octanol–water partition coefficient (Wildman–Crippen LogP) is 3.33. The number of rotatable bonds is 2. The number of carbonyl (C=O) groups excluding carboxylic acids is 1. The average molecular weight is 180 g/mol. The number of carbonyl (C=O) groups is 1. The lowest BCUT2D eigenvalue weighted by molar-refractivity contribution is -0.118. The van der Waals surface area contributed by atoms with E-state index in [-0.39, 0.29) is 0 Å². The molecule has 2 aliphatic carbocycles. The van der Waals surface area contributed by atoms with Crippen LogP contribution in [-0.2, 0) is 4.79 Å². The van der Waals surface area contributed by atoms with E-state index in [9.17, 15) is 4.79 Å². The van der Waals surface area contributed by atoms with Gasteiger partial charge >= 0.3 is 0 Å². The van der Waals surface area contributed by atoms with Gasteiger partial charge in [0.1, 0.15) is 5.78 Å². The number of hydrogen-bond acceptors (Lipinski definition) is 1. The largest absolute Gasteiger partial charge is 0.300 e. The van der Waals surface area contributed by atoms with Gasteiger partial charge in [0.2, 0.25) is 0 Å². The van der Waals surface area contributed by atoms with Crippen LogP contribution in [0.4, 0.5) is 0 Å². The van der Waals surface area contributed by atoms with Gasteiger partial charge in [-0.3, -0.25) is 4.79 Å². The predicted molar refractivity (Wildman–Crippen MR) is 53.5 cm³/mol. The Bertz CT molecular complexity index is 203. The van der Waals surface area contributed by atoms with Crippen LogP contribution in [0.1, 0.15) is 58.3 Å². The van der Waals surface area contributed by atoms with Crippen LogP contribution in [0.15, 0.2) is 0 Å². The summed E-state index contributed by atoms with van der Waals surface area (Å²) in [4.78, 5) is 11.2. The monoisotopic (exact) mass is 180 g/mol. The average Bonchev–Trinajstić information content (AvgIpc) is 2.62. The Balaban J connectivity index is 1.88. The summed E-state index contributed by atoms with van der Waals surface area (Å²) in [6.45, 7) is 2.32. The fourth-order valence-corrected chi connectivity index (χ4v) is 3.18. The molecular weight excluding hydrogens is 160 g/mol. The number of hydrogen-bond donors (Lipinski definition) is 0. The maximum atomic E-state index is 11.2. The van der Waals surface area contributed by atoms with Crippen LogP contribution in [0.2, 0.25) is 0 Å². The SMILES string of the molecule is CC1(CC2CCCC2)CCC(=O)C1. The van der Waals surface area contributed by atoms with Gasteiger partial charge in [-0.25, -0.2) is 0 Å². The molecular formula is C12H20O. The van der Waals surface area contributed by atoms with Crippen LogP contribution in [-0.4, -0.2) is 5.78 Å². The minimum absolute atomic E-state index is 0.381. The Hall–Kier alpha value is -0.330. The molecule has 0 aromatic carbocycles. The maximum absolute atomic E-state index is 11.2. The Morgan fingerprint density at radius 2 is 2.08 bits per heavy atom. The molecule has 1 unspecified atom stereocenters. The molecule has 2 saturated carbocycles. The standard InChI is InChI=1S/C12H20O/c1-12(7-6-11(13)9-12)8-10-4-2-3-5-10/h10H,2-9H2,1H3. The minimum Gasteiger partial charge on any atom is -0.300 e. The zero-order valence-corrected chi connectivity index (χ0v) is 8.64. The van der Waals surface area contributed by atoms with Crippen LogP contribution < -0.4 is 0 Å². The van der Waals surface area contributed by atoms with Gasteiger partial charge in [-0.05, 0) is 24.2 Å². The summed E-state index contributed by atoms with van der Waals surface area (Å²) in [6, 6.07) is 0. The lowest BCUT2D eigenvalue weighted by Gasteiger charge is -2.26. The van der Waals surface area contributed by atoms with Crippen molar-refractivity contribution in [2.45, 2.75) is 58.3 Å². The van der Waals surface area contributed by atoms with E-state index in [2.05, 4.69) is 6.92 Å². The van der Waals surface area contributed by atoms with Gasteiger partial charge in [0.25, 0.3) is 0 Å². The fourth-order valence-electron chi connectivity index (χ4n) is 3.18. The summed E-state index contributed by atoms with van der Waals surface area (Å²) in [5, 5.41) is 0. The highest BCUT2D eigenvalue weighted by Gasteiger charge is 2.36. The molecule has 0 spiro atoms. The second-order valence-corrected chi connectivity index (χ2v) is 5.38. The molecule has 0 heterocycles. The van der Waals surface area contributed by atoms with Crippen LogP contribution in [0.5, 0.6) is 0 Å². The first kappa shape index (κ1) is 9.23. The van der Waals surface area contributed by atoms with Gasteiger partial charge in [0, 0.05) is 12.8 Å². The maximum Gasteiger partial charge on any atom is 0.133 e. The summed E-state index contributed by atoms with van der Waals surface area (Å²) in [6.07, 6.45) is 9.88. The third-order valence-corrected chi connectivity index (χ3v) is 3.89. The van der Waals surface area contributed by atoms with E-state index in [0.29, 0.717) is 11.2 Å². The van der Waals surface area contributed by atoms with Crippen molar-refractivity contribution in [3.05, 3.63) is 0 Å². The van der Waals surface area contributed by atoms with Crippen molar-refractivity contribution in [1.82, 2.24) is 0 Å². The molecule has 0 aliphatic heterocycles. The molecule has 0 aromatic heterocycles. The first-order valence-corrected chi connectivity index (χ1v) is 5.70. The van der Waals surface area contributed by atoms with Crippen molar-refractivity contribution in [2.24, 2.45) is 11.3 Å². The Kier molecular flexibility index (Phi) is 2.44. The van der Waals surface area contributed by atoms with Gasteiger partial charge in [-0.15, -0.1) is 0 Å². The molecule has 2 fully saturated rings.